The van der Waals surface area contributed by atoms with E-state index in [-0.39, 0.29) is 11.8 Å². The van der Waals surface area contributed by atoms with E-state index in [0.717, 1.165) is 16.7 Å². The van der Waals surface area contributed by atoms with Crippen molar-refractivity contribution in [3.8, 4) is 0 Å². The highest BCUT2D eigenvalue weighted by Gasteiger charge is 2.42. The third-order valence-electron chi connectivity index (χ3n) is 5.79. The molecule has 1 aliphatic rings. The number of carbonyl (C=O) groups excluding carboxylic acids is 2. The Morgan fingerprint density at radius 1 is 0.844 bits per heavy atom. The number of anilines is 1. The van der Waals surface area contributed by atoms with E-state index in [1.807, 2.05) is 80.3 Å². The van der Waals surface area contributed by atoms with Crippen LogP contribution in [0.2, 0.25) is 5.02 Å². The number of likely N-dealkylation sites (N-methyl/N-ethyl adjacent to an activating group) is 1. The number of benzene rings is 3. The third-order valence-corrected chi connectivity index (χ3v) is 6.20. The Bertz CT molecular complexity index is 1200. The van der Waals surface area contributed by atoms with Crippen LogP contribution in [0, 0.1) is 13.8 Å². The average molecular weight is 445 g/mol. The van der Waals surface area contributed by atoms with Crippen molar-refractivity contribution in [2.24, 2.45) is 0 Å². The van der Waals surface area contributed by atoms with Gasteiger partial charge < -0.3 is 4.90 Å². The van der Waals surface area contributed by atoms with Gasteiger partial charge in [-0.05, 0) is 49.6 Å². The molecule has 0 saturated heterocycles. The molecule has 32 heavy (non-hydrogen) atoms. The average Bonchev–Trinajstić information content (AvgIpc) is 3.05. The van der Waals surface area contributed by atoms with Gasteiger partial charge in [-0.3, -0.25) is 9.59 Å². The topological polar surface area (TPSA) is 40.6 Å². The maximum absolute atomic E-state index is 13.8. The molecule has 5 heteroatoms. The fourth-order valence-electron chi connectivity index (χ4n) is 4.00. The Labute approximate surface area is 193 Å². The van der Waals surface area contributed by atoms with Gasteiger partial charge in [-0.25, -0.2) is 4.90 Å². The molecule has 1 heterocycles. The first kappa shape index (κ1) is 21.8. The molecule has 4 rings (SSSR count). The molecule has 2 amide bonds. The maximum atomic E-state index is 13.8. The van der Waals surface area contributed by atoms with Gasteiger partial charge in [0.15, 0.2) is 0 Å². The lowest BCUT2D eigenvalue weighted by Crippen LogP contribution is -2.35. The number of hydrogen-bond acceptors (Lipinski definition) is 3. The molecule has 0 unspecified atom stereocenters. The second-order valence-electron chi connectivity index (χ2n) is 7.92. The number of amides is 2. The summed E-state index contributed by atoms with van der Waals surface area (Å²) >= 11 is 6.32. The van der Waals surface area contributed by atoms with Crippen LogP contribution in [-0.4, -0.2) is 23.3 Å². The first-order valence-electron chi connectivity index (χ1n) is 10.7. The summed E-state index contributed by atoms with van der Waals surface area (Å²) in [5, 5.41) is 0.519. The molecule has 162 valence electrons. The molecule has 3 aromatic rings. The van der Waals surface area contributed by atoms with E-state index >= 15 is 0 Å². The molecule has 0 spiro atoms. The molecule has 0 atom stereocenters. The van der Waals surface area contributed by atoms with E-state index in [2.05, 4.69) is 0 Å². The summed E-state index contributed by atoms with van der Waals surface area (Å²) in [4.78, 5) is 30.7. The smallest absolute Gasteiger partial charge is 0.282 e. The van der Waals surface area contributed by atoms with E-state index in [9.17, 15) is 9.59 Å². The molecule has 1 aliphatic heterocycles. The van der Waals surface area contributed by atoms with E-state index in [1.54, 1.807) is 18.2 Å². The lowest BCUT2D eigenvalue weighted by Gasteiger charge is -2.25. The fourth-order valence-corrected chi connectivity index (χ4v) is 4.17. The summed E-state index contributed by atoms with van der Waals surface area (Å²) in [7, 11) is 0. The van der Waals surface area contributed by atoms with Crippen molar-refractivity contribution in [3.63, 3.8) is 0 Å². The van der Waals surface area contributed by atoms with Gasteiger partial charge in [-0.15, -0.1) is 0 Å². The van der Waals surface area contributed by atoms with Gasteiger partial charge in [0, 0.05) is 18.1 Å². The fraction of sp³-hybridized carbons (Fsp3) is 0.185. The molecule has 4 nitrogen and oxygen atoms in total. The Hall–Kier alpha value is -3.37. The van der Waals surface area contributed by atoms with Gasteiger partial charge in [0.2, 0.25) is 0 Å². The van der Waals surface area contributed by atoms with Crippen molar-refractivity contribution >= 4 is 34.7 Å². The van der Waals surface area contributed by atoms with Crippen molar-refractivity contribution in [2.75, 3.05) is 11.4 Å². The zero-order chi connectivity index (χ0) is 22.8. The minimum absolute atomic E-state index is 0.325. The first-order chi connectivity index (χ1) is 15.4. The molecule has 0 aromatic heterocycles. The summed E-state index contributed by atoms with van der Waals surface area (Å²) in [5.74, 6) is -0.653. The van der Waals surface area contributed by atoms with Crippen LogP contribution in [0.3, 0.4) is 0 Å². The van der Waals surface area contributed by atoms with Gasteiger partial charge >= 0.3 is 0 Å². The predicted molar refractivity (Wildman–Crippen MR) is 129 cm³/mol. The standard InChI is InChI=1S/C27H25ClN2O2/c1-4-29(17-20-9-6-5-7-10-20)25-24(21-15-13-18(2)14-16-21)26(31)30(27(25)32)23-12-8-11-22(28)19(23)3/h5-16H,4,17H2,1-3H3. The van der Waals surface area contributed by atoms with Crippen LogP contribution in [0.1, 0.15) is 29.2 Å². The van der Waals surface area contributed by atoms with Crippen LogP contribution in [0.25, 0.3) is 5.57 Å². The highest BCUT2D eigenvalue weighted by molar-refractivity contribution is 6.46. The van der Waals surface area contributed by atoms with Gasteiger partial charge in [0.05, 0.1) is 11.3 Å². The largest absolute Gasteiger partial charge is 0.362 e. The summed E-state index contributed by atoms with van der Waals surface area (Å²) in [6.45, 7) is 6.93. The third kappa shape index (κ3) is 3.94. The van der Waals surface area contributed by atoms with Gasteiger partial charge in [-0.2, -0.15) is 0 Å². The Kier molecular flexibility index (Phi) is 6.15. The van der Waals surface area contributed by atoms with Gasteiger partial charge in [0.25, 0.3) is 11.8 Å². The van der Waals surface area contributed by atoms with Crippen molar-refractivity contribution in [2.45, 2.75) is 27.3 Å². The minimum atomic E-state index is -0.328. The molecule has 0 aliphatic carbocycles. The SMILES string of the molecule is CCN(Cc1ccccc1)C1=C(c2ccc(C)cc2)C(=O)N(c2cccc(Cl)c2C)C1=O. The van der Waals surface area contributed by atoms with E-state index < -0.39 is 0 Å². The molecule has 0 fully saturated rings. The lowest BCUT2D eigenvalue weighted by molar-refractivity contribution is -0.120. The highest BCUT2D eigenvalue weighted by Crippen LogP contribution is 2.38. The molecule has 0 saturated carbocycles. The molecule has 0 N–H and O–H groups in total. The van der Waals surface area contributed by atoms with Gasteiger partial charge in [-0.1, -0.05) is 77.8 Å². The minimum Gasteiger partial charge on any atom is -0.362 e. The van der Waals surface area contributed by atoms with Crippen molar-refractivity contribution < 1.29 is 9.59 Å². The van der Waals surface area contributed by atoms with Crippen LogP contribution < -0.4 is 4.90 Å². The number of hydrogen-bond donors (Lipinski definition) is 0. The summed E-state index contributed by atoms with van der Waals surface area (Å²) in [6, 6.07) is 23.0. The van der Waals surface area contributed by atoms with E-state index in [4.69, 9.17) is 11.6 Å². The monoisotopic (exact) mass is 444 g/mol. The number of aryl methyl sites for hydroxylation is 1. The predicted octanol–water partition coefficient (Wildman–Crippen LogP) is 5.76. The van der Waals surface area contributed by atoms with Crippen LogP contribution in [-0.2, 0) is 16.1 Å². The summed E-state index contributed by atoms with van der Waals surface area (Å²) in [5.41, 5.74) is 4.96. The Balaban J connectivity index is 1.86. The molecule has 3 aromatic carbocycles. The number of nitrogens with zero attached hydrogens (tertiary/aromatic N) is 2. The molecular formula is C27H25ClN2O2. The lowest BCUT2D eigenvalue weighted by atomic mass is 10.0. The Morgan fingerprint density at radius 3 is 2.19 bits per heavy atom. The quantitative estimate of drug-likeness (QED) is 0.453. The number of rotatable bonds is 6. The first-order valence-corrected chi connectivity index (χ1v) is 11.0. The van der Waals surface area contributed by atoms with Crippen molar-refractivity contribution in [1.82, 2.24) is 4.90 Å². The second kappa shape index (κ2) is 9.01. The van der Waals surface area contributed by atoms with Crippen LogP contribution in [0.15, 0.2) is 78.5 Å². The molecule has 0 bridgehead atoms. The number of halogens is 1. The summed E-state index contributed by atoms with van der Waals surface area (Å²) in [6.07, 6.45) is 0. The highest BCUT2D eigenvalue weighted by atomic mass is 35.5. The zero-order valence-electron chi connectivity index (χ0n) is 18.4. The second-order valence-corrected chi connectivity index (χ2v) is 8.33. The van der Waals surface area contributed by atoms with E-state index in [1.165, 1.54) is 4.90 Å². The number of carbonyl (C=O) groups is 2. The van der Waals surface area contributed by atoms with Crippen LogP contribution in [0.5, 0.6) is 0 Å². The van der Waals surface area contributed by atoms with Gasteiger partial charge in [0.1, 0.15) is 5.70 Å². The van der Waals surface area contributed by atoms with Crippen LogP contribution in [0.4, 0.5) is 5.69 Å². The molecule has 0 radical (unpaired) electrons. The molecular weight excluding hydrogens is 420 g/mol. The zero-order valence-corrected chi connectivity index (χ0v) is 19.2. The maximum Gasteiger partial charge on any atom is 0.282 e. The summed E-state index contributed by atoms with van der Waals surface area (Å²) < 4.78 is 0. The van der Waals surface area contributed by atoms with Crippen molar-refractivity contribution in [1.29, 1.82) is 0 Å². The van der Waals surface area contributed by atoms with Crippen LogP contribution >= 0.6 is 11.6 Å². The Morgan fingerprint density at radius 2 is 1.53 bits per heavy atom. The number of imide groups is 1. The van der Waals surface area contributed by atoms with Crippen molar-refractivity contribution in [3.05, 3.63) is 106 Å². The van der Waals surface area contributed by atoms with E-state index in [0.29, 0.717) is 40.6 Å². The normalized spacial score (nSPS) is 13.8.